The van der Waals surface area contributed by atoms with Gasteiger partial charge >= 0.3 is 0 Å². The highest BCUT2D eigenvalue weighted by Gasteiger charge is 2.20. The van der Waals surface area contributed by atoms with Gasteiger partial charge in [-0.1, -0.05) is 6.07 Å². The average Bonchev–Trinajstić information content (AvgIpc) is 3.15. The van der Waals surface area contributed by atoms with Gasteiger partial charge in [-0.15, -0.1) is 11.3 Å². The van der Waals surface area contributed by atoms with Crippen molar-refractivity contribution < 1.29 is 0 Å². The van der Waals surface area contributed by atoms with Crippen molar-refractivity contribution in [2.24, 2.45) is 5.73 Å². The molecule has 1 aliphatic carbocycles. The smallest absolute Gasteiger partial charge is 0.133 e. The minimum atomic E-state index is 0.418. The Bertz CT molecular complexity index is 607. The van der Waals surface area contributed by atoms with Gasteiger partial charge in [0.25, 0.3) is 0 Å². The van der Waals surface area contributed by atoms with Crippen molar-refractivity contribution in [2.45, 2.75) is 45.2 Å². The standard InChI is InChI=1S/C17H23N3S/c1-12(9-15-6-4-8-21-15)20(2)17-14(11-18)10-13-5-3-7-16(13)19-17/h4,6,8,10,12H,3,5,7,9,11,18H2,1-2H3. The fourth-order valence-electron chi connectivity index (χ4n) is 3.03. The van der Waals surface area contributed by atoms with Crippen LogP contribution in [0.5, 0.6) is 0 Å². The Morgan fingerprint density at radius 3 is 3.00 bits per heavy atom. The second-order valence-electron chi connectivity index (χ2n) is 5.88. The first-order chi connectivity index (χ1) is 10.2. The Morgan fingerprint density at radius 1 is 1.43 bits per heavy atom. The zero-order valence-corrected chi connectivity index (χ0v) is 13.6. The summed E-state index contributed by atoms with van der Waals surface area (Å²) in [5, 5.41) is 2.14. The first kappa shape index (κ1) is 14.5. The monoisotopic (exact) mass is 301 g/mol. The van der Waals surface area contributed by atoms with Gasteiger partial charge in [-0.25, -0.2) is 4.98 Å². The molecule has 0 aliphatic heterocycles. The van der Waals surface area contributed by atoms with E-state index in [0.29, 0.717) is 12.6 Å². The highest BCUT2D eigenvalue weighted by Crippen LogP contribution is 2.28. The lowest BCUT2D eigenvalue weighted by Crippen LogP contribution is -2.32. The zero-order valence-electron chi connectivity index (χ0n) is 12.8. The Morgan fingerprint density at radius 2 is 2.29 bits per heavy atom. The Hall–Kier alpha value is -1.39. The van der Waals surface area contributed by atoms with E-state index in [2.05, 4.69) is 42.5 Å². The number of aromatic nitrogens is 1. The average molecular weight is 301 g/mol. The minimum absolute atomic E-state index is 0.418. The first-order valence-corrected chi connectivity index (χ1v) is 8.54. The zero-order chi connectivity index (χ0) is 14.8. The number of anilines is 1. The van der Waals surface area contributed by atoms with Crippen LogP contribution in [0.15, 0.2) is 23.6 Å². The number of nitrogens with two attached hydrogens (primary N) is 1. The van der Waals surface area contributed by atoms with E-state index in [4.69, 9.17) is 10.7 Å². The molecule has 0 amide bonds. The van der Waals surface area contributed by atoms with Crippen LogP contribution in [0.3, 0.4) is 0 Å². The van der Waals surface area contributed by atoms with E-state index in [1.165, 1.54) is 28.1 Å². The van der Waals surface area contributed by atoms with Crippen molar-refractivity contribution in [3.05, 3.63) is 45.3 Å². The molecule has 2 heterocycles. The minimum Gasteiger partial charge on any atom is -0.356 e. The SMILES string of the molecule is CC(Cc1cccs1)N(C)c1nc2c(cc1CN)CCC2. The maximum absolute atomic E-state index is 5.95. The number of thiophene rings is 1. The molecular formula is C17H23N3S. The molecule has 1 aliphatic rings. The molecule has 2 aromatic rings. The third-order valence-corrected chi connectivity index (χ3v) is 5.30. The summed E-state index contributed by atoms with van der Waals surface area (Å²) < 4.78 is 0. The highest BCUT2D eigenvalue weighted by molar-refractivity contribution is 7.09. The van der Waals surface area contributed by atoms with Crippen LogP contribution in [0.4, 0.5) is 5.82 Å². The Labute approximate surface area is 130 Å². The summed E-state index contributed by atoms with van der Waals surface area (Å²) in [6, 6.07) is 7.01. The molecule has 0 spiro atoms. The topological polar surface area (TPSA) is 42.2 Å². The molecule has 0 aromatic carbocycles. The van der Waals surface area contributed by atoms with E-state index in [-0.39, 0.29) is 0 Å². The maximum Gasteiger partial charge on any atom is 0.133 e. The number of nitrogens with zero attached hydrogens (tertiary/aromatic N) is 2. The molecule has 0 radical (unpaired) electrons. The molecule has 21 heavy (non-hydrogen) atoms. The molecule has 4 heteroatoms. The summed E-state index contributed by atoms with van der Waals surface area (Å²) in [6.07, 6.45) is 4.55. The van der Waals surface area contributed by atoms with E-state index >= 15 is 0 Å². The predicted octanol–water partition coefficient (Wildman–Crippen LogP) is 3.16. The van der Waals surface area contributed by atoms with Crippen molar-refractivity contribution in [3.8, 4) is 0 Å². The van der Waals surface area contributed by atoms with E-state index < -0.39 is 0 Å². The molecule has 2 N–H and O–H groups in total. The Balaban J connectivity index is 1.84. The molecule has 1 atom stereocenters. The van der Waals surface area contributed by atoms with Gasteiger partial charge in [0.15, 0.2) is 0 Å². The number of rotatable bonds is 5. The van der Waals surface area contributed by atoms with E-state index in [9.17, 15) is 0 Å². The molecule has 0 saturated heterocycles. The normalized spacial score (nSPS) is 15.0. The fourth-order valence-corrected chi connectivity index (χ4v) is 3.86. The fraction of sp³-hybridized carbons (Fsp3) is 0.471. The van der Waals surface area contributed by atoms with Crippen molar-refractivity contribution >= 4 is 17.2 Å². The van der Waals surface area contributed by atoms with Crippen molar-refractivity contribution in [3.63, 3.8) is 0 Å². The van der Waals surface area contributed by atoms with Gasteiger partial charge in [-0.2, -0.15) is 0 Å². The summed E-state index contributed by atoms with van der Waals surface area (Å²) in [5.41, 5.74) is 9.81. The van der Waals surface area contributed by atoms with Crippen molar-refractivity contribution in [1.82, 2.24) is 4.98 Å². The maximum atomic E-state index is 5.95. The van der Waals surface area contributed by atoms with Gasteiger partial charge in [0.05, 0.1) is 0 Å². The van der Waals surface area contributed by atoms with Crippen LogP contribution in [-0.2, 0) is 25.8 Å². The van der Waals surface area contributed by atoms with Crippen LogP contribution < -0.4 is 10.6 Å². The molecule has 0 saturated carbocycles. The first-order valence-electron chi connectivity index (χ1n) is 7.66. The van der Waals surface area contributed by atoms with E-state index in [1.807, 2.05) is 11.3 Å². The summed E-state index contributed by atoms with van der Waals surface area (Å²) >= 11 is 1.82. The highest BCUT2D eigenvalue weighted by atomic mass is 32.1. The van der Waals surface area contributed by atoms with Crippen LogP contribution in [0.25, 0.3) is 0 Å². The number of likely N-dealkylation sites (N-methyl/N-ethyl adjacent to an activating group) is 1. The Kier molecular flexibility index (Phi) is 4.27. The van der Waals surface area contributed by atoms with Gasteiger partial charge in [0.2, 0.25) is 0 Å². The summed E-state index contributed by atoms with van der Waals surface area (Å²) in [5.74, 6) is 1.07. The van der Waals surface area contributed by atoms with Crippen LogP contribution in [0.1, 0.15) is 35.0 Å². The number of hydrogen-bond donors (Lipinski definition) is 1. The number of pyridine rings is 1. The van der Waals surface area contributed by atoms with Gasteiger partial charge in [0, 0.05) is 42.2 Å². The predicted molar refractivity (Wildman–Crippen MR) is 90.0 cm³/mol. The largest absolute Gasteiger partial charge is 0.356 e. The molecule has 112 valence electrons. The lowest BCUT2D eigenvalue weighted by atomic mass is 10.1. The van der Waals surface area contributed by atoms with Crippen molar-refractivity contribution in [1.29, 1.82) is 0 Å². The van der Waals surface area contributed by atoms with Gasteiger partial charge < -0.3 is 10.6 Å². The second kappa shape index (κ2) is 6.16. The number of fused-ring (bicyclic) bond motifs is 1. The van der Waals surface area contributed by atoms with Gasteiger partial charge in [-0.3, -0.25) is 0 Å². The van der Waals surface area contributed by atoms with Crippen LogP contribution in [0, 0.1) is 0 Å². The van der Waals surface area contributed by atoms with Gasteiger partial charge in [-0.05, 0) is 49.3 Å². The van der Waals surface area contributed by atoms with Gasteiger partial charge in [0.1, 0.15) is 5.82 Å². The van der Waals surface area contributed by atoms with Crippen LogP contribution >= 0.6 is 11.3 Å². The third kappa shape index (κ3) is 2.97. The van der Waals surface area contributed by atoms with Crippen LogP contribution in [0.2, 0.25) is 0 Å². The summed E-state index contributed by atoms with van der Waals surface area (Å²) in [6.45, 7) is 2.82. The quantitative estimate of drug-likeness (QED) is 0.922. The number of hydrogen-bond acceptors (Lipinski definition) is 4. The van der Waals surface area contributed by atoms with Crippen LogP contribution in [-0.4, -0.2) is 18.1 Å². The molecule has 0 fully saturated rings. The number of aryl methyl sites for hydroxylation is 2. The molecular weight excluding hydrogens is 278 g/mol. The summed E-state index contributed by atoms with van der Waals surface area (Å²) in [4.78, 5) is 8.64. The lowest BCUT2D eigenvalue weighted by Gasteiger charge is -2.28. The molecule has 3 nitrogen and oxygen atoms in total. The van der Waals surface area contributed by atoms with E-state index in [1.54, 1.807) is 0 Å². The summed E-state index contributed by atoms with van der Waals surface area (Å²) in [7, 11) is 2.14. The van der Waals surface area contributed by atoms with E-state index in [0.717, 1.165) is 25.1 Å². The van der Waals surface area contributed by atoms with Crippen molar-refractivity contribution in [2.75, 3.05) is 11.9 Å². The molecule has 3 rings (SSSR count). The molecule has 1 unspecified atom stereocenters. The lowest BCUT2D eigenvalue weighted by molar-refractivity contribution is 0.674. The molecule has 0 bridgehead atoms. The molecule has 2 aromatic heterocycles. The second-order valence-corrected chi connectivity index (χ2v) is 6.91. The third-order valence-electron chi connectivity index (χ3n) is 4.40.